The molecule has 0 spiro atoms. The van der Waals surface area contributed by atoms with Crippen molar-refractivity contribution in [1.82, 2.24) is 10.9 Å². The van der Waals surface area contributed by atoms with E-state index in [0.29, 0.717) is 5.56 Å². The summed E-state index contributed by atoms with van der Waals surface area (Å²) < 4.78 is 5.29. The van der Waals surface area contributed by atoms with Crippen molar-refractivity contribution >= 4 is 23.6 Å². The van der Waals surface area contributed by atoms with E-state index in [2.05, 4.69) is 10.9 Å². The van der Waals surface area contributed by atoms with Gasteiger partial charge in [0, 0.05) is 10.5 Å². The number of rotatable bonds is 5. The van der Waals surface area contributed by atoms with Gasteiger partial charge in [0.1, 0.15) is 0 Å². The highest BCUT2D eigenvalue weighted by Crippen LogP contribution is 2.24. The van der Waals surface area contributed by atoms with Crippen LogP contribution in [0, 0.1) is 6.92 Å². The van der Waals surface area contributed by atoms with E-state index < -0.39 is 5.91 Å². The third-order valence-corrected chi connectivity index (χ3v) is 4.67. The Morgan fingerprint density at radius 2 is 1.69 bits per heavy atom. The Labute approximate surface area is 155 Å². The summed E-state index contributed by atoms with van der Waals surface area (Å²) in [5.74, 6) is -0.436. The predicted octanol–water partition coefficient (Wildman–Crippen LogP) is 3.81. The zero-order valence-corrected chi connectivity index (χ0v) is 15.0. The molecule has 0 aliphatic carbocycles. The second-order valence-corrected chi connectivity index (χ2v) is 6.68. The Bertz CT molecular complexity index is 889. The van der Waals surface area contributed by atoms with Crippen molar-refractivity contribution in [2.75, 3.05) is 5.75 Å². The molecule has 2 N–H and O–H groups in total. The molecule has 0 saturated carbocycles. The van der Waals surface area contributed by atoms with Gasteiger partial charge in [-0.15, -0.1) is 11.8 Å². The van der Waals surface area contributed by atoms with Gasteiger partial charge in [0.2, 0.25) is 11.7 Å². The zero-order chi connectivity index (χ0) is 18.4. The fourth-order valence-electron chi connectivity index (χ4n) is 2.33. The fourth-order valence-corrected chi connectivity index (χ4v) is 3.03. The molecular weight excluding hydrogens is 348 g/mol. The van der Waals surface area contributed by atoms with Gasteiger partial charge in [-0.2, -0.15) is 0 Å². The molecule has 0 saturated heterocycles. The first-order chi connectivity index (χ1) is 12.6. The van der Waals surface area contributed by atoms with Crippen LogP contribution in [-0.4, -0.2) is 17.6 Å². The van der Waals surface area contributed by atoms with Gasteiger partial charge in [-0.3, -0.25) is 20.4 Å². The van der Waals surface area contributed by atoms with E-state index in [0.717, 1.165) is 10.5 Å². The van der Waals surface area contributed by atoms with Gasteiger partial charge in [0.25, 0.3) is 0 Å². The lowest BCUT2D eigenvalue weighted by atomic mass is 10.1. The third-order valence-electron chi connectivity index (χ3n) is 3.66. The first-order valence-electron chi connectivity index (χ1n) is 8.05. The van der Waals surface area contributed by atoms with E-state index in [1.165, 1.54) is 23.6 Å². The summed E-state index contributed by atoms with van der Waals surface area (Å²) in [6.07, 6.45) is 1.45. The normalized spacial score (nSPS) is 10.3. The molecule has 5 nitrogen and oxygen atoms in total. The van der Waals surface area contributed by atoms with Crippen LogP contribution in [0.25, 0.3) is 11.1 Å². The first-order valence-corrected chi connectivity index (χ1v) is 9.03. The van der Waals surface area contributed by atoms with Crippen LogP contribution in [0.5, 0.6) is 0 Å². The Hall–Kier alpha value is -2.99. The number of aryl methyl sites for hydroxylation is 1. The number of nitrogens with one attached hydrogen (secondary N) is 2. The van der Waals surface area contributed by atoms with Crippen molar-refractivity contribution in [3.8, 4) is 11.1 Å². The summed E-state index contributed by atoms with van der Waals surface area (Å²) in [6, 6.07) is 19.1. The summed E-state index contributed by atoms with van der Waals surface area (Å²) in [4.78, 5) is 25.2. The molecule has 0 atom stereocenters. The smallest absolute Gasteiger partial charge is 0.306 e. The van der Waals surface area contributed by atoms with Crippen molar-refractivity contribution in [3.63, 3.8) is 0 Å². The molecule has 3 aromatic rings. The minimum absolute atomic E-state index is 0.155. The summed E-state index contributed by atoms with van der Waals surface area (Å²) in [5, 5.41) is 0. The Kier molecular flexibility index (Phi) is 5.76. The van der Waals surface area contributed by atoms with Gasteiger partial charge in [0.15, 0.2) is 0 Å². The number of hydrogen-bond acceptors (Lipinski definition) is 4. The van der Waals surface area contributed by atoms with Gasteiger partial charge < -0.3 is 4.42 Å². The minimum Gasteiger partial charge on any atom is -0.458 e. The van der Waals surface area contributed by atoms with E-state index >= 15 is 0 Å². The van der Waals surface area contributed by atoms with Crippen molar-refractivity contribution in [2.24, 2.45) is 0 Å². The number of hydrogen-bond donors (Lipinski definition) is 2. The number of furan rings is 1. The maximum absolute atomic E-state index is 12.3. The van der Waals surface area contributed by atoms with E-state index in [-0.39, 0.29) is 17.4 Å². The molecule has 0 fully saturated rings. The molecule has 2 amide bonds. The zero-order valence-electron chi connectivity index (χ0n) is 14.2. The summed E-state index contributed by atoms with van der Waals surface area (Å²) >= 11 is 1.40. The van der Waals surface area contributed by atoms with Crippen LogP contribution in [0.1, 0.15) is 16.1 Å². The van der Waals surface area contributed by atoms with Crippen LogP contribution >= 0.6 is 11.8 Å². The molecule has 3 rings (SSSR count). The largest absolute Gasteiger partial charge is 0.458 e. The average molecular weight is 366 g/mol. The lowest BCUT2D eigenvalue weighted by Crippen LogP contribution is -2.42. The average Bonchev–Trinajstić information content (AvgIpc) is 3.16. The highest BCUT2D eigenvalue weighted by atomic mass is 32.2. The van der Waals surface area contributed by atoms with E-state index in [1.54, 1.807) is 6.07 Å². The Balaban J connectivity index is 1.53. The van der Waals surface area contributed by atoms with Crippen LogP contribution in [0.15, 0.2) is 76.2 Å². The summed E-state index contributed by atoms with van der Waals surface area (Å²) in [7, 11) is 0. The standard InChI is InChI=1S/C20H18N2O3S/c1-14-7-9-16(10-8-14)26-13-18(23)21-22-20(24)19-17(11-12-25-19)15-5-3-2-4-6-15/h2-12H,13H2,1H3,(H,21,23)(H,22,24). The second-order valence-electron chi connectivity index (χ2n) is 5.63. The first kappa shape index (κ1) is 17.8. The van der Waals surface area contributed by atoms with E-state index in [1.807, 2.05) is 61.5 Å². The van der Waals surface area contributed by atoms with Crippen LogP contribution in [0.3, 0.4) is 0 Å². The van der Waals surface area contributed by atoms with E-state index in [9.17, 15) is 9.59 Å². The number of carbonyl (C=O) groups is 2. The van der Waals surface area contributed by atoms with Gasteiger partial charge in [0.05, 0.1) is 12.0 Å². The lowest BCUT2D eigenvalue weighted by molar-refractivity contribution is -0.119. The molecule has 0 aliphatic rings. The maximum Gasteiger partial charge on any atom is 0.306 e. The van der Waals surface area contributed by atoms with Gasteiger partial charge in [-0.05, 0) is 30.7 Å². The molecule has 1 heterocycles. The number of hydrazine groups is 1. The van der Waals surface area contributed by atoms with Gasteiger partial charge in [-0.1, -0.05) is 48.0 Å². The second kappa shape index (κ2) is 8.40. The highest BCUT2D eigenvalue weighted by Gasteiger charge is 2.17. The number of amides is 2. The Morgan fingerprint density at radius 3 is 2.42 bits per heavy atom. The molecule has 0 unspecified atom stereocenters. The van der Waals surface area contributed by atoms with Gasteiger partial charge in [-0.25, -0.2) is 0 Å². The van der Waals surface area contributed by atoms with Crippen LogP contribution < -0.4 is 10.9 Å². The summed E-state index contributed by atoms with van der Waals surface area (Å²) in [6.45, 7) is 2.01. The molecule has 1 aromatic heterocycles. The number of carbonyl (C=O) groups excluding carboxylic acids is 2. The Morgan fingerprint density at radius 1 is 0.962 bits per heavy atom. The monoisotopic (exact) mass is 366 g/mol. The van der Waals surface area contributed by atoms with Crippen LogP contribution in [0.4, 0.5) is 0 Å². The SMILES string of the molecule is Cc1ccc(SCC(=O)NNC(=O)c2occc2-c2ccccc2)cc1. The highest BCUT2D eigenvalue weighted by molar-refractivity contribution is 8.00. The van der Waals surface area contributed by atoms with Crippen LogP contribution in [0.2, 0.25) is 0 Å². The van der Waals surface area contributed by atoms with E-state index in [4.69, 9.17) is 4.42 Å². The van der Waals surface area contributed by atoms with Crippen molar-refractivity contribution in [2.45, 2.75) is 11.8 Å². The minimum atomic E-state index is -0.498. The van der Waals surface area contributed by atoms with Crippen molar-refractivity contribution < 1.29 is 14.0 Å². The molecule has 132 valence electrons. The topological polar surface area (TPSA) is 71.3 Å². The quantitative estimate of drug-likeness (QED) is 0.532. The van der Waals surface area contributed by atoms with Crippen LogP contribution in [-0.2, 0) is 4.79 Å². The molecule has 0 radical (unpaired) electrons. The third kappa shape index (κ3) is 4.55. The lowest BCUT2D eigenvalue weighted by Gasteiger charge is -2.07. The molecule has 2 aromatic carbocycles. The summed E-state index contributed by atoms with van der Waals surface area (Å²) in [5.41, 5.74) is 7.51. The van der Waals surface area contributed by atoms with Crippen molar-refractivity contribution in [3.05, 3.63) is 78.3 Å². The maximum atomic E-state index is 12.3. The molecule has 0 bridgehead atoms. The molecule has 6 heteroatoms. The molecule has 26 heavy (non-hydrogen) atoms. The van der Waals surface area contributed by atoms with Crippen molar-refractivity contribution in [1.29, 1.82) is 0 Å². The van der Waals surface area contributed by atoms with Gasteiger partial charge >= 0.3 is 5.91 Å². The fraction of sp³-hybridized carbons (Fsp3) is 0.100. The number of benzene rings is 2. The molecular formula is C20H18N2O3S. The number of thioether (sulfide) groups is 1. The predicted molar refractivity (Wildman–Crippen MR) is 102 cm³/mol. The molecule has 0 aliphatic heterocycles.